The molecule has 0 amide bonds. The average Bonchev–Trinajstić information content (AvgIpc) is 2.74. The maximum Gasteiger partial charge on any atom is 0.0795 e. The molecular weight excluding hydrogens is 234 g/mol. The Kier molecular flexibility index (Phi) is 4.75. The highest BCUT2D eigenvalue weighted by Gasteiger charge is 2.41. The van der Waals surface area contributed by atoms with Gasteiger partial charge in [-0.15, -0.1) is 0 Å². The molecule has 0 aromatic carbocycles. The van der Waals surface area contributed by atoms with Crippen LogP contribution in [0, 0.1) is 0 Å². The Bertz CT molecular complexity index is 242. The zero-order chi connectivity index (χ0) is 12.3. The molecule has 2 aliphatic heterocycles. The average molecular weight is 259 g/mol. The van der Waals surface area contributed by atoms with Gasteiger partial charge in [0, 0.05) is 24.9 Å². The summed E-state index contributed by atoms with van der Waals surface area (Å²) in [6.07, 6.45) is 4.22. The van der Waals surface area contributed by atoms with Gasteiger partial charge in [0.15, 0.2) is 0 Å². The Balaban J connectivity index is 1.84. The topological polar surface area (TPSA) is 32.7 Å². The largest absolute Gasteiger partial charge is 0.393 e. The van der Waals surface area contributed by atoms with Crippen LogP contribution in [-0.2, 0) is 4.74 Å². The summed E-state index contributed by atoms with van der Waals surface area (Å²) >= 11 is 2.03. The fraction of sp³-hybridized carbons (Fsp3) is 1.00. The Hall–Kier alpha value is 0.230. The van der Waals surface area contributed by atoms with Crippen molar-refractivity contribution in [3.8, 4) is 0 Å². The summed E-state index contributed by atoms with van der Waals surface area (Å²) in [6.45, 7) is 3.77. The van der Waals surface area contributed by atoms with Crippen LogP contribution in [0.15, 0.2) is 0 Å². The maximum absolute atomic E-state index is 9.35. The van der Waals surface area contributed by atoms with Crippen LogP contribution in [0.4, 0.5) is 0 Å². The van der Waals surface area contributed by atoms with Crippen molar-refractivity contribution in [3.05, 3.63) is 0 Å². The van der Waals surface area contributed by atoms with E-state index in [1.165, 1.54) is 24.3 Å². The van der Waals surface area contributed by atoms with Gasteiger partial charge >= 0.3 is 0 Å². The third-order valence-electron chi connectivity index (χ3n) is 4.06. The predicted octanol–water partition coefficient (Wildman–Crippen LogP) is 1.74. The number of thioether (sulfide) groups is 1. The molecule has 0 aromatic rings. The van der Waals surface area contributed by atoms with Crippen molar-refractivity contribution in [1.29, 1.82) is 0 Å². The molecule has 4 heteroatoms. The lowest BCUT2D eigenvalue weighted by Crippen LogP contribution is -2.48. The molecule has 0 bridgehead atoms. The summed E-state index contributed by atoms with van der Waals surface area (Å²) in [5.74, 6) is 2.43. The molecule has 17 heavy (non-hydrogen) atoms. The normalized spacial score (nSPS) is 35.6. The van der Waals surface area contributed by atoms with Crippen LogP contribution >= 0.6 is 11.8 Å². The Labute approximate surface area is 109 Å². The minimum Gasteiger partial charge on any atom is -0.393 e. The Morgan fingerprint density at radius 2 is 2.41 bits per heavy atom. The Morgan fingerprint density at radius 3 is 3.06 bits per heavy atom. The third-order valence-corrected chi connectivity index (χ3v) is 5.28. The summed E-state index contributed by atoms with van der Waals surface area (Å²) in [5, 5.41) is 9.35. The molecule has 2 heterocycles. The first-order valence-electron chi connectivity index (χ1n) is 6.71. The molecule has 0 saturated carbocycles. The van der Waals surface area contributed by atoms with Crippen molar-refractivity contribution < 1.29 is 9.84 Å². The summed E-state index contributed by atoms with van der Waals surface area (Å²) in [7, 11) is 2.19. The molecule has 0 aliphatic carbocycles. The van der Waals surface area contributed by atoms with Crippen LogP contribution in [0.5, 0.6) is 0 Å². The van der Waals surface area contributed by atoms with E-state index in [4.69, 9.17) is 4.74 Å². The summed E-state index contributed by atoms with van der Waals surface area (Å²) in [6, 6.07) is 0.640. The van der Waals surface area contributed by atoms with Gasteiger partial charge in [0.1, 0.15) is 0 Å². The first kappa shape index (κ1) is 13.7. The molecule has 3 unspecified atom stereocenters. The van der Waals surface area contributed by atoms with Crippen LogP contribution < -0.4 is 0 Å². The van der Waals surface area contributed by atoms with Gasteiger partial charge in [-0.1, -0.05) is 0 Å². The monoisotopic (exact) mass is 259 g/mol. The lowest BCUT2D eigenvalue weighted by Gasteiger charge is -2.41. The Morgan fingerprint density at radius 1 is 1.59 bits per heavy atom. The molecule has 2 rings (SSSR count). The third kappa shape index (κ3) is 3.60. The van der Waals surface area contributed by atoms with E-state index >= 15 is 0 Å². The highest BCUT2D eigenvalue weighted by molar-refractivity contribution is 7.99. The minimum absolute atomic E-state index is 0.173. The highest BCUT2D eigenvalue weighted by Crippen LogP contribution is 2.39. The van der Waals surface area contributed by atoms with Crippen molar-refractivity contribution in [2.75, 3.05) is 31.7 Å². The quantitative estimate of drug-likeness (QED) is 0.834. The van der Waals surface area contributed by atoms with Gasteiger partial charge in [-0.25, -0.2) is 0 Å². The molecule has 1 spiro atoms. The molecular formula is C13H25NO2S. The van der Waals surface area contributed by atoms with Crippen LogP contribution in [-0.4, -0.2) is 59.5 Å². The zero-order valence-corrected chi connectivity index (χ0v) is 11.8. The van der Waals surface area contributed by atoms with Crippen molar-refractivity contribution in [2.45, 2.75) is 50.4 Å². The lowest BCUT2D eigenvalue weighted by molar-refractivity contribution is -0.0870. The van der Waals surface area contributed by atoms with E-state index in [1.807, 2.05) is 18.7 Å². The van der Waals surface area contributed by atoms with E-state index in [1.54, 1.807) is 0 Å². The second-order valence-electron chi connectivity index (χ2n) is 5.60. The minimum atomic E-state index is -0.187. The molecule has 1 N–H and O–H groups in total. The predicted molar refractivity (Wildman–Crippen MR) is 72.6 cm³/mol. The van der Waals surface area contributed by atoms with Gasteiger partial charge in [0.05, 0.1) is 11.7 Å². The van der Waals surface area contributed by atoms with E-state index in [-0.39, 0.29) is 11.7 Å². The maximum atomic E-state index is 9.35. The summed E-state index contributed by atoms with van der Waals surface area (Å²) in [5.41, 5.74) is 0.173. The van der Waals surface area contributed by atoms with Crippen LogP contribution in [0.3, 0.4) is 0 Å². The molecule has 2 saturated heterocycles. The number of nitrogens with zero attached hydrogens (tertiary/aromatic N) is 1. The molecule has 0 radical (unpaired) electrons. The van der Waals surface area contributed by atoms with Gasteiger partial charge in [0.2, 0.25) is 0 Å². The molecule has 2 aliphatic rings. The number of ether oxygens (including phenoxy) is 1. The first-order chi connectivity index (χ1) is 8.11. The van der Waals surface area contributed by atoms with Crippen molar-refractivity contribution in [1.82, 2.24) is 4.90 Å². The summed E-state index contributed by atoms with van der Waals surface area (Å²) in [4.78, 5) is 2.42. The van der Waals surface area contributed by atoms with E-state index in [0.717, 1.165) is 26.0 Å². The number of aliphatic hydroxyl groups is 1. The first-order valence-corrected chi connectivity index (χ1v) is 7.87. The van der Waals surface area contributed by atoms with Gasteiger partial charge in [-0.2, -0.15) is 11.8 Å². The van der Waals surface area contributed by atoms with Crippen molar-refractivity contribution in [2.24, 2.45) is 0 Å². The standard InChI is InChI=1S/C13H25NO2S/c1-11(15)3-6-14(2)12-4-7-16-13(9-12)5-8-17-10-13/h11-12,15H,3-10H2,1-2H3. The van der Waals surface area contributed by atoms with Crippen LogP contribution in [0.25, 0.3) is 0 Å². The number of aliphatic hydroxyl groups excluding tert-OH is 1. The van der Waals surface area contributed by atoms with Crippen molar-refractivity contribution in [3.63, 3.8) is 0 Å². The number of hydrogen-bond acceptors (Lipinski definition) is 4. The van der Waals surface area contributed by atoms with E-state index < -0.39 is 0 Å². The fourth-order valence-electron chi connectivity index (χ4n) is 2.81. The molecule has 0 aromatic heterocycles. The molecule has 3 atom stereocenters. The zero-order valence-electron chi connectivity index (χ0n) is 11.0. The van der Waals surface area contributed by atoms with Crippen LogP contribution in [0.1, 0.15) is 32.6 Å². The SMILES string of the molecule is CC(O)CCN(C)C1CCOC2(CCSC2)C1. The van der Waals surface area contributed by atoms with Gasteiger partial charge in [-0.3, -0.25) is 0 Å². The highest BCUT2D eigenvalue weighted by atomic mass is 32.2. The fourth-order valence-corrected chi connectivity index (χ4v) is 4.19. The smallest absolute Gasteiger partial charge is 0.0795 e. The number of rotatable bonds is 4. The van der Waals surface area contributed by atoms with Gasteiger partial charge in [-0.05, 0) is 45.4 Å². The van der Waals surface area contributed by atoms with Gasteiger partial charge in [0.25, 0.3) is 0 Å². The second-order valence-corrected chi connectivity index (χ2v) is 6.70. The molecule has 3 nitrogen and oxygen atoms in total. The van der Waals surface area contributed by atoms with E-state index in [2.05, 4.69) is 11.9 Å². The second kappa shape index (κ2) is 5.91. The van der Waals surface area contributed by atoms with Crippen molar-refractivity contribution >= 4 is 11.8 Å². The number of hydrogen-bond donors (Lipinski definition) is 1. The summed E-state index contributed by atoms with van der Waals surface area (Å²) < 4.78 is 6.04. The van der Waals surface area contributed by atoms with Crippen LogP contribution in [0.2, 0.25) is 0 Å². The van der Waals surface area contributed by atoms with Gasteiger partial charge < -0.3 is 14.7 Å². The van der Waals surface area contributed by atoms with E-state index in [0.29, 0.717) is 6.04 Å². The van der Waals surface area contributed by atoms with E-state index in [9.17, 15) is 5.11 Å². The molecule has 2 fully saturated rings. The lowest BCUT2D eigenvalue weighted by atomic mass is 9.89. The molecule has 100 valence electrons.